The Hall–Kier alpha value is -1.06. The van der Waals surface area contributed by atoms with Crippen LogP contribution in [-0.4, -0.2) is 11.9 Å². The lowest BCUT2D eigenvalue weighted by Crippen LogP contribution is -2.41. The van der Waals surface area contributed by atoms with E-state index in [4.69, 9.17) is 17.3 Å². The summed E-state index contributed by atoms with van der Waals surface area (Å²) in [7, 11) is 0. The summed E-state index contributed by atoms with van der Waals surface area (Å²) < 4.78 is 0. The molecule has 1 spiro atoms. The topological polar surface area (TPSA) is 55.1 Å². The number of hydrogen-bond donors (Lipinski definition) is 2. The first-order chi connectivity index (χ1) is 8.54. The molecule has 0 bridgehead atoms. The fraction of sp³-hybridized carbons (Fsp3) is 0.500. The number of nitrogens with one attached hydrogen (secondary N) is 1. The molecule has 0 aromatic heterocycles. The number of hydrogen-bond acceptors (Lipinski definition) is 2. The lowest BCUT2D eigenvalue weighted by molar-refractivity contribution is -0.122. The van der Waals surface area contributed by atoms with Crippen LogP contribution in [0.25, 0.3) is 0 Å². The van der Waals surface area contributed by atoms with Gasteiger partial charge in [-0.3, -0.25) is 4.79 Å². The maximum Gasteiger partial charge on any atom is 0.235 e. The SMILES string of the molecule is Cc1c(Cl)ccc2c1NC(=O)C21CCC(N)CC1. The zero-order valence-electron chi connectivity index (χ0n) is 10.4. The highest BCUT2D eigenvalue weighted by Gasteiger charge is 2.48. The van der Waals surface area contributed by atoms with Crippen molar-refractivity contribution in [3.8, 4) is 0 Å². The van der Waals surface area contributed by atoms with E-state index in [1.54, 1.807) is 0 Å². The van der Waals surface area contributed by atoms with Crippen molar-refractivity contribution in [1.29, 1.82) is 0 Å². The number of fused-ring (bicyclic) bond motifs is 2. The minimum Gasteiger partial charge on any atom is -0.328 e. The van der Waals surface area contributed by atoms with Gasteiger partial charge in [-0.15, -0.1) is 0 Å². The average molecular weight is 265 g/mol. The highest BCUT2D eigenvalue weighted by atomic mass is 35.5. The van der Waals surface area contributed by atoms with E-state index in [0.717, 1.165) is 42.5 Å². The van der Waals surface area contributed by atoms with Crippen molar-refractivity contribution < 1.29 is 4.79 Å². The summed E-state index contributed by atoms with van der Waals surface area (Å²) >= 11 is 6.12. The van der Waals surface area contributed by atoms with E-state index in [9.17, 15) is 4.79 Å². The molecule has 1 aromatic rings. The molecule has 0 radical (unpaired) electrons. The Morgan fingerprint density at radius 1 is 1.39 bits per heavy atom. The second-order valence-electron chi connectivity index (χ2n) is 5.47. The third-order valence-corrected chi connectivity index (χ3v) is 4.88. The first-order valence-corrected chi connectivity index (χ1v) is 6.79. The third-order valence-electron chi connectivity index (χ3n) is 4.47. The molecule has 3 rings (SSSR count). The van der Waals surface area contributed by atoms with Crippen LogP contribution in [0.1, 0.15) is 36.8 Å². The summed E-state index contributed by atoms with van der Waals surface area (Å²) in [5.41, 5.74) is 8.59. The number of rotatable bonds is 0. The lowest BCUT2D eigenvalue weighted by atomic mass is 9.69. The van der Waals surface area contributed by atoms with Crippen LogP contribution in [0.4, 0.5) is 5.69 Å². The van der Waals surface area contributed by atoms with Crippen molar-refractivity contribution in [2.75, 3.05) is 5.32 Å². The summed E-state index contributed by atoms with van der Waals surface area (Å²) in [6, 6.07) is 4.13. The van der Waals surface area contributed by atoms with Crippen LogP contribution in [0.3, 0.4) is 0 Å². The van der Waals surface area contributed by atoms with Crippen LogP contribution >= 0.6 is 11.6 Å². The largest absolute Gasteiger partial charge is 0.328 e. The molecule has 0 atom stereocenters. The average Bonchev–Trinajstić information content (AvgIpc) is 2.63. The van der Waals surface area contributed by atoms with Crippen LogP contribution in [-0.2, 0) is 10.2 Å². The molecule has 1 aromatic carbocycles. The highest BCUT2D eigenvalue weighted by Crippen LogP contribution is 2.49. The van der Waals surface area contributed by atoms with Gasteiger partial charge in [0.15, 0.2) is 0 Å². The fourth-order valence-corrected chi connectivity index (χ4v) is 3.39. The Bertz CT molecular complexity index is 519. The quantitative estimate of drug-likeness (QED) is 0.757. The second-order valence-corrected chi connectivity index (χ2v) is 5.88. The smallest absolute Gasteiger partial charge is 0.235 e. The van der Waals surface area contributed by atoms with E-state index in [-0.39, 0.29) is 17.4 Å². The Labute approximate surface area is 112 Å². The van der Waals surface area contributed by atoms with Crippen LogP contribution in [0.2, 0.25) is 5.02 Å². The first kappa shape index (κ1) is 12.0. The second kappa shape index (κ2) is 3.97. The molecule has 0 saturated heterocycles. The fourth-order valence-electron chi connectivity index (χ4n) is 3.23. The van der Waals surface area contributed by atoms with Crippen LogP contribution in [0.15, 0.2) is 12.1 Å². The lowest BCUT2D eigenvalue weighted by Gasteiger charge is -2.34. The van der Waals surface area contributed by atoms with Gasteiger partial charge in [0.1, 0.15) is 0 Å². The van der Waals surface area contributed by atoms with Gasteiger partial charge in [0, 0.05) is 16.8 Å². The monoisotopic (exact) mass is 264 g/mol. The van der Waals surface area contributed by atoms with Gasteiger partial charge in [-0.1, -0.05) is 17.7 Å². The first-order valence-electron chi connectivity index (χ1n) is 6.41. The maximum atomic E-state index is 12.4. The summed E-state index contributed by atoms with van der Waals surface area (Å²) in [6.07, 6.45) is 3.51. The molecule has 4 heteroatoms. The van der Waals surface area contributed by atoms with Crippen molar-refractivity contribution in [3.63, 3.8) is 0 Å². The summed E-state index contributed by atoms with van der Waals surface area (Å²) in [4.78, 5) is 12.4. The molecule has 1 aliphatic carbocycles. The number of halogens is 1. The minimum atomic E-state index is -0.361. The summed E-state index contributed by atoms with van der Waals surface area (Å²) in [5, 5.41) is 3.72. The van der Waals surface area contributed by atoms with Crippen molar-refractivity contribution in [2.45, 2.75) is 44.1 Å². The molecule has 3 N–H and O–H groups in total. The maximum absolute atomic E-state index is 12.4. The number of amides is 1. The number of anilines is 1. The van der Waals surface area contributed by atoms with E-state index >= 15 is 0 Å². The Morgan fingerprint density at radius 2 is 2.06 bits per heavy atom. The van der Waals surface area contributed by atoms with Crippen LogP contribution in [0.5, 0.6) is 0 Å². The molecule has 1 saturated carbocycles. The minimum absolute atomic E-state index is 0.120. The molecule has 0 unspecified atom stereocenters. The number of carbonyl (C=O) groups excluding carboxylic acids is 1. The highest BCUT2D eigenvalue weighted by molar-refractivity contribution is 6.32. The van der Waals surface area contributed by atoms with Gasteiger partial charge in [-0.2, -0.15) is 0 Å². The predicted molar refractivity (Wildman–Crippen MR) is 72.9 cm³/mol. The van der Waals surface area contributed by atoms with Gasteiger partial charge in [0.25, 0.3) is 0 Å². The van der Waals surface area contributed by atoms with Gasteiger partial charge in [0.05, 0.1) is 5.41 Å². The van der Waals surface area contributed by atoms with Crippen molar-refractivity contribution in [2.24, 2.45) is 5.73 Å². The van der Waals surface area contributed by atoms with Gasteiger partial charge in [0.2, 0.25) is 5.91 Å². The Balaban J connectivity index is 2.10. The normalized spacial score (nSPS) is 30.4. The molecule has 2 aliphatic rings. The molecule has 96 valence electrons. The van der Waals surface area contributed by atoms with E-state index in [0.29, 0.717) is 5.02 Å². The Morgan fingerprint density at radius 3 is 2.72 bits per heavy atom. The summed E-state index contributed by atoms with van der Waals surface area (Å²) in [6.45, 7) is 1.95. The molecule has 1 amide bonds. The number of nitrogens with two attached hydrogens (primary N) is 1. The van der Waals surface area contributed by atoms with Crippen molar-refractivity contribution in [3.05, 3.63) is 28.3 Å². The number of benzene rings is 1. The van der Waals surface area contributed by atoms with Gasteiger partial charge in [-0.05, 0) is 49.8 Å². The van der Waals surface area contributed by atoms with Gasteiger partial charge in [-0.25, -0.2) is 0 Å². The molecule has 1 heterocycles. The standard InChI is InChI=1S/C14H17ClN2O/c1-8-11(15)3-2-10-12(8)17-13(18)14(10)6-4-9(16)5-7-14/h2-3,9H,4-7,16H2,1H3,(H,17,18). The van der Waals surface area contributed by atoms with Crippen molar-refractivity contribution in [1.82, 2.24) is 0 Å². The van der Waals surface area contributed by atoms with Crippen LogP contribution < -0.4 is 11.1 Å². The molecule has 1 aliphatic heterocycles. The molecule has 1 fully saturated rings. The number of carbonyl (C=O) groups is 1. The van der Waals surface area contributed by atoms with E-state index < -0.39 is 0 Å². The van der Waals surface area contributed by atoms with Gasteiger partial charge < -0.3 is 11.1 Å². The zero-order valence-corrected chi connectivity index (χ0v) is 11.2. The molecule has 3 nitrogen and oxygen atoms in total. The third kappa shape index (κ3) is 1.50. The van der Waals surface area contributed by atoms with Crippen molar-refractivity contribution >= 4 is 23.2 Å². The molecular formula is C14H17ClN2O. The molecular weight excluding hydrogens is 248 g/mol. The van der Waals surface area contributed by atoms with E-state index in [2.05, 4.69) is 5.32 Å². The summed E-state index contributed by atoms with van der Waals surface area (Å²) in [5.74, 6) is 0.120. The predicted octanol–water partition coefficient (Wildman–Crippen LogP) is 2.74. The van der Waals surface area contributed by atoms with E-state index in [1.165, 1.54) is 0 Å². The van der Waals surface area contributed by atoms with Gasteiger partial charge >= 0.3 is 0 Å². The Kier molecular flexibility index (Phi) is 2.65. The van der Waals surface area contributed by atoms with E-state index in [1.807, 2.05) is 19.1 Å². The molecule has 18 heavy (non-hydrogen) atoms. The zero-order chi connectivity index (χ0) is 12.9. The van der Waals surface area contributed by atoms with Crippen LogP contribution in [0, 0.1) is 6.92 Å².